The van der Waals surface area contributed by atoms with Crippen molar-refractivity contribution in [3.05, 3.63) is 64.1 Å². The van der Waals surface area contributed by atoms with Crippen molar-refractivity contribution in [2.45, 2.75) is 19.3 Å². The SMILES string of the molecule is O=C(COC(=O)[C@@H]1[C@H]2CC[C@@H](C2)[C@@H]1C(=O)c1ccccc1)Nc1cccc(Cl)c1Cl. The van der Waals surface area contributed by atoms with Crippen LogP contribution in [0.3, 0.4) is 0 Å². The highest BCUT2D eigenvalue weighted by atomic mass is 35.5. The van der Waals surface area contributed by atoms with Crippen LogP contribution in [0, 0.1) is 23.7 Å². The number of hydrogen-bond acceptors (Lipinski definition) is 4. The summed E-state index contributed by atoms with van der Waals surface area (Å²) < 4.78 is 5.32. The predicted molar refractivity (Wildman–Crippen MR) is 115 cm³/mol. The summed E-state index contributed by atoms with van der Waals surface area (Å²) in [7, 11) is 0. The normalized spacial score (nSPS) is 24.5. The standard InChI is InChI=1S/C23H21Cl2NO4/c24-16-7-4-8-17(21(16)25)26-18(27)12-30-23(29)20-15-10-9-14(11-15)19(20)22(28)13-5-2-1-3-6-13/h1-8,14-15,19-20H,9-12H2,(H,26,27)/t14-,15-,19-,20+/m0/s1. The van der Waals surface area contributed by atoms with Gasteiger partial charge < -0.3 is 10.1 Å². The number of fused-ring (bicyclic) bond motifs is 2. The van der Waals surface area contributed by atoms with Gasteiger partial charge in [0.25, 0.3) is 5.91 Å². The number of benzene rings is 2. The number of hydrogen-bond donors (Lipinski definition) is 1. The van der Waals surface area contributed by atoms with Crippen molar-refractivity contribution in [2.24, 2.45) is 23.7 Å². The van der Waals surface area contributed by atoms with Gasteiger partial charge >= 0.3 is 5.97 Å². The molecule has 2 saturated carbocycles. The average Bonchev–Trinajstić information content (AvgIpc) is 3.37. The van der Waals surface area contributed by atoms with E-state index in [2.05, 4.69) is 5.32 Å². The molecule has 7 heteroatoms. The van der Waals surface area contributed by atoms with Crippen molar-refractivity contribution >= 4 is 46.5 Å². The summed E-state index contributed by atoms with van der Waals surface area (Å²) in [5.74, 6) is -1.57. The van der Waals surface area contributed by atoms with E-state index in [1.165, 1.54) is 0 Å². The summed E-state index contributed by atoms with van der Waals surface area (Å²) in [5.41, 5.74) is 0.962. The molecule has 0 aliphatic heterocycles. The Kier molecular flexibility index (Phi) is 6.11. The van der Waals surface area contributed by atoms with Gasteiger partial charge in [-0.2, -0.15) is 0 Å². The molecule has 2 aliphatic carbocycles. The van der Waals surface area contributed by atoms with Crippen molar-refractivity contribution in [2.75, 3.05) is 11.9 Å². The number of anilines is 1. The number of rotatable bonds is 6. The lowest BCUT2D eigenvalue weighted by Crippen LogP contribution is -2.37. The first kappa shape index (κ1) is 20.9. The summed E-state index contributed by atoms with van der Waals surface area (Å²) in [6.45, 7) is -0.443. The minimum Gasteiger partial charge on any atom is -0.455 e. The Balaban J connectivity index is 1.41. The van der Waals surface area contributed by atoms with E-state index in [0.29, 0.717) is 16.3 Å². The van der Waals surface area contributed by atoms with Crippen LogP contribution in [0.4, 0.5) is 5.69 Å². The number of carbonyl (C=O) groups is 3. The van der Waals surface area contributed by atoms with Gasteiger partial charge in [-0.1, -0.05) is 59.6 Å². The van der Waals surface area contributed by atoms with Crippen LogP contribution >= 0.6 is 23.2 Å². The van der Waals surface area contributed by atoms with E-state index in [4.69, 9.17) is 27.9 Å². The fraction of sp³-hybridized carbons (Fsp3) is 0.348. The van der Waals surface area contributed by atoms with E-state index in [1.54, 1.807) is 30.3 Å². The lowest BCUT2D eigenvalue weighted by atomic mass is 9.75. The van der Waals surface area contributed by atoms with Gasteiger partial charge in [-0.15, -0.1) is 0 Å². The smallest absolute Gasteiger partial charge is 0.310 e. The molecule has 0 aromatic heterocycles. The van der Waals surface area contributed by atoms with Crippen molar-refractivity contribution in [1.29, 1.82) is 0 Å². The van der Waals surface area contributed by atoms with Gasteiger partial charge in [0, 0.05) is 11.5 Å². The van der Waals surface area contributed by atoms with Crippen LogP contribution < -0.4 is 5.32 Å². The van der Waals surface area contributed by atoms with Crippen LogP contribution in [0.25, 0.3) is 0 Å². The van der Waals surface area contributed by atoms with E-state index in [0.717, 1.165) is 19.3 Å². The van der Waals surface area contributed by atoms with Crippen molar-refractivity contribution < 1.29 is 19.1 Å². The highest BCUT2D eigenvalue weighted by Gasteiger charge is 2.54. The predicted octanol–water partition coefficient (Wildman–Crippen LogP) is 5.02. The van der Waals surface area contributed by atoms with Crippen LogP contribution in [0.15, 0.2) is 48.5 Å². The Morgan fingerprint density at radius 2 is 1.63 bits per heavy atom. The molecule has 0 unspecified atom stereocenters. The van der Waals surface area contributed by atoms with Crippen LogP contribution in [-0.2, 0) is 14.3 Å². The number of nitrogens with one attached hydrogen (secondary N) is 1. The molecule has 1 amide bonds. The van der Waals surface area contributed by atoms with E-state index in [9.17, 15) is 14.4 Å². The number of carbonyl (C=O) groups excluding carboxylic acids is 3. The monoisotopic (exact) mass is 445 g/mol. The van der Waals surface area contributed by atoms with Crippen LogP contribution in [0.1, 0.15) is 29.6 Å². The molecule has 30 heavy (non-hydrogen) atoms. The molecule has 2 aliphatic rings. The van der Waals surface area contributed by atoms with E-state index in [1.807, 2.05) is 18.2 Å². The molecule has 2 bridgehead atoms. The number of Topliss-reactive ketones (excluding diaryl/α,β-unsaturated/α-hetero) is 1. The third-order valence-electron chi connectivity index (χ3n) is 6.12. The topological polar surface area (TPSA) is 72.5 Å². The minimum atomic E-state index is -0.512. The van der Waals surface area contributed by atoms with Gasteiger partial charge in [-0.3, -0.25) is 14.4 Å². The molecular formula is C23H21Cl2NO4. The average molecular weight is 446 g/mol. The Bertz CT molecular complexity index is 978. The second-order valence-corrected chi connectivity index (χ2v) is 8.66. The maximum Gasteiger partial charge on any atom is 0.310 e. The molecule has 2 aromatic rings. The van der Waals surface area contributed by atoms with Crippen molar-refractivity contribution in [3.63, 3.8) is 0 Å². The third-order valence-corrected chi connectivity index (χ3v) is 6.94. The number of ketones is 1. The largest absolute Gasteiger partial charge is 0.455 e. The van der Waals surface area contributed by atoms with Gasteiger partial charge in [0.15, 0.2) is 12.4 Å². The minimum absolute atomic E-state index is 0.0140. The molecular weight excluding hydrogens is 425 g/mol. The summed E-state index contributed by atoms with van der Waals surface area (Å²) >= 11 is 12.0. The summed E-state index contributed by atoms with van der Waals surface area (Å²) in [6, 6.07) is 13.9. The molecule has 2 aromatic carbocycles. The fourth-order valence-corrected chi connectivity index (χ4v) is 5.17. The second-order valence-electron chi connectivity index (χ2n) is 7.87. The molecule has 4 atom stereocenters. The Morgan fingerprint density at radius 3 is 2.37 bits per heavy atom. The van der Waals surface area contributed by atoms with E-state index >= 15 is 0 Å². The van der Waals surface area contributed by atoms with Crippen LogP contribution in [0.2, 0.25) is 10.0 Å². The summed E-state index contributed by atoms with van der Waals surface area (Å²) in [4.78, 5) is 38.2. The third kappa shape index (κ3) is 4.09. The number of amides is 1. The molecule has 156 valence electrons. The Hall–Kier alpha value is -2.37. The fourth-order valence-electron chi connectivity index (χ4n) is 4.82. The number of esters is 1. The zero-order valence-electron chi connectivity index (χ0n) is 16.1. The molecule has 0 spiro atoms. The van der Waals surface area contributed by atoms with Gasteiger partial charge in [-0.05, 0) is 43.2 Å². The van der Waals surface area contributed by atoms with E-state index in [-0.39, 0.29) is 28.6 Å². The van der Waals surface area contributed by atoms with Gasteiger partial charge in [0.1, 0.15) is 0 Å². The maximum atomic E-state index is 13.1. The molecule has 0 radical (unpaired) electrons. The first-order chi connectivity index (χ1) is 14.5. The number of ether oxygens (including phenoxy) is 1. The van der Waals surface area contributed by atoms with Gasteiger partial charge in [0.2, 0.25) is 0 Å². The number of halogens is 2. The van der Waals surface area contributed by atoms with E-state index < -0.39 is 24.4 Å². The zero-order chi connectivity index (χ0) is 21.3. The molecule has 4 rings (SSSR count). The first-order valence-electron chi connectivity index (χ1n) is 9.95. The van der Waals surface area contributed by atoms with Crippen LogP contribution in [0.5, 0.6) is 0 Å². The Morgan fingerprint density at radius 1 is 0.933 bits per heavy atom. The summed E-state index contributed by atoms with van der Waals surface area (Å²) in [5, 5.41) is 3.13. The van der Waals surface area contributed by atoms with Crippen molar-refractivity contribution in [1.82, 2.24) is 0 Å². The summed E-state index contributed by atoms with van der Waals surface area (Å²) in [6.07, 6.45) is 2.71. The maximum absolute atomic E-state index is 13.1. The molecule has 0 heterocycles. The lowest BCUT2D eigenvalue weighted by Gasteiger charge is -2.28. The highest BCUT2D eigenvalue weighted by Crippen LogP contribution is 2.53. The molecule has 5 nitrogen and oxygen atoms in total. The first-order valence-corrected chi connectivity index (χ1v) is 10.7. The lowest BCUT2D eigenvalue weighted by molar-refractivity contribution is -0.154. The Labute approximate surface area is 184 Å². The zero-order valence-corrected chi connectivity index (χ0v) is 17.7. The second kappa shape index (κ2) is 8.78. The molecule has 0 saturated heterocycles. The van der Waals surface area contributed by atoms with Gasteiger partial charge in [0.05, 0.1) is 21.7 Å². The van der Waals surface area contributed by atoms with Crippen molar-refractivity contribution in [3.8, 4) is 0 Å². The molecule has 1 N–H and O–H groups in total. The van der Waals surface area contributed by atoms with Crippen LogP contribution in [-0.4, -0.2) is 24.3 Å². The highest BCUT2D eigenvalue weighted by molar-refractivity contribution is 6.44. The van der Waals surface area contributed by atoms with Gasteiger partial charge in [-0.25, -0.2) is 0 Å². The quantitative estimate of drug-likeness (QED) is 0.500. The molecule has 2 fully saturated rings.